The minimum atomic E-state index is -1.27. The summed E-state index contributed by atoms with van der Waals surface area (Å²) >= 11 is 0. The number of carbonyl (C=O) groups is 1. The second-order valence-electron chi connectivity index (χ2n) is 6.78. The minimum absolute atomic E-state index is 0.0462. The van der Waals surface area contributed by atoms with E-state index in [0.29, 0.717) is 0 Å². The van der Waals surface area contributed by atoms with Crippen LogP contribution in [0.4, 0.5) is 8.78 Å². The fraction of sp³-hybridized carbons (Fsp3) is 0.222. The summed E-state index contributed by atoms with van der Waals surface area (Å²) < 4.78 is 30.3. The zero-order chi connectivity index (χ0) is 18.5. The van der Waals surface area contributed by atoms with Crippen molar-refractivity contribution < 1.29 is 18.7 Å². The zero-order valence-corrected chi connectivity index (χ0v) is 13.9. The van der Waals surface area contributed by atoms with Gasteiger partial charge in [0.1, 0.15) is 11.3 Å². The average Bonchev–Trinajstić information content (AvgIpc) is 2.83. The van der Waals surface area contributed by atoms with E-state index in [0.717, 1.165) is 4.57 Å². The number of carboxylic acid groups (broad SMARTS) is 1. The van der Waals surface area contributed by atoms with Crippen LogP contribution >= 0.6 is 0 Å². The van der Waals surface area contributed by atoms with Gasteiger partial charge in [0.2, 0.25) is 0 Å². The minimum Gasteiger partial charge on any atom is -0.478 e. The summed E-state index contributed by atoms with van der Waals surface area (Å²) in [5.41, 5.74) is -1.84. The Morgan fingerprint density at radius 1 is 1.16 bits per heavy atom. The number of hydrogen-bond donors (Lipinski definition) is 2. The first kappa shape index (κ1) is 16.9. The van der Waals surface area contributed by atoms with Crippen molar-refractivity contribution in [2.75, 3.05) is 0 Å². The first-order valence-corrected chi connectivity index (χ1v) is 7.59. The lowest BCUT2D eigenvalue weighted by Gasteiger charge is -2.23. The number of halogens is 2. The molecule has 3 aromatic rings. The molecule has 0 aliphatic carbocycles. The number of carboxylic acids is 1. The molecule has 25 heavy (non-hydrogen) atoms. The maximum Gasteiger partial charge on any atom is 0.336 e. The number of rotatable bonds is 2. The van der Waals surface area contributed by atoms with Crippen molar-refractivity contribution in [3.8, 4) is 5.69 Å². The molecule has 0 aliphatic heterocycles. The summed E-state index contributed by atoms with van der Waals surface area (Å²) in [7, 11) is 0. The summed E-state index contributed by atoms with van der Waals surface area (Å²) in [6.45, 7) is 5.00. The van der Waals surface area contributed by atoms with E-state index in [-0.39, 0.29) is 27.8 Å². The van der Waals surface area contributed by atoms with Crippen LogP contribution in [0.25, 0.3) is 16.7 Å². The van der Waals surface area contributed by atoms with Crippen LogP contribution in [0.5, 0.6) is 0 Å². The third kappa shape index (κ3) is 2.61. The Morgan fingerprint density at radius 2 is 1.84 bits per heavy atom. The molecule has 0 atom stereocenters. The van der Waals surface area contributed by atoms with Crippen molar-refractivity contribution in [2.24, 2.45) is 0 Å². The smallest absolute Gasteiger partial charge is 0.336 e. The van der Waals surface area contributed by atoms with Crippen molar-refractivity contribution in [2.45, 2.75) is 26.2 Å². The maximum absolute atomic E-state index is 15.2. The number of nitrogens with zero attached hydrogens (tertiary/aromatic N) is 1. The van der Waals surface area contributed by atoms with Crippen molar-refractivity contribution in [3.05, 3.63) is 63.6 Å². The van der Waals surface area contributed by atoms with Crippen molar-refractivity contribution in [1.29, 1.82) is 0 Å². The molecule has 0 radical (unpaired) electrons. The normalized spacial score (nSPS) is 11.9. The van der Waals surface area contributed by atoms with Gasteiger partial charge in [-0.05, 0) is 29.7 Å². The number of imidazole rings is 1. The average molecular weight is 346 g/mol. The Balaban J connectivity index is 2.43. The zero-order valence-electron chi connectivity index (χ0n) is 13.9. The van der Waals surface area contributed by atoms with Gasteiger partial charge in [0.15, 0.2) is 5.82 Å². The van der Waals surface area contributed by atoms with Crippen LogP contribution < -0.4 is 5.69 Å². The van der Waals surface area contributed by atoms with E-state index in [1.165, 1.54) is 30.3 Å². The molecule has 5 nitrogen and oxygen atoms in total. The lowest BCUT2D eigenvalue weighted by atomic mass is 9.83. The molecule has 0 unspecified atom stereocenters. The molecule has 1 aromatic heterocycles. The van der Waals surface area contributed by atoms with Crippen molar-refractivity contribution in [1.82, 2.24) is 9.55 Å². The number of para-hydroxylation sites is 1. The third-order valence-electron chi connectivity index (χ3n) is 4.00. The Kier molecular flexibility index (Phi) is 3.74. The number of aromatic nitrogens is 2. The van der Waals surface area contributed by atoms with Gasteiger partial charge in [-0.3, -0.25) is 4.57 Å². The van der Waals surface area contributed by atoms with Gasteiger partial charge in [0, 0.05) is 5.56 Å². The number of H-pyrrole nitrogens is 1. The van der Waals surface area contributed by atoms with Crippen molar-refractivity contribution in [3.63, 3.8) is 0 Å². The van der Waals surface area contributed by atoms with E-state index >= 15 is 4.39 Å². The van der Waals surface area contributed by atoms with Gasteiger partial charge in [0.05, 0.1) is 16.8 Å². The summed E-state index contributed by atoms with van der Waals surface area (Å²) in [5.74, 6) is -2.82. The highest BCUT2D eigenvalue weighted by Crippen LogP contribution is 2.32. The van der Waals surface area contributed by atoms with Gasteiger partial charge in [-0.15, -0.1) is 0 Å². The van der Waals surface area contributed by atoms with E-state index in [2.05, 4.69) is 4.98 Å². The molecule has 0 saturated heterocycles. The van der Waals surface area contributed by atoms with Gasteiger partial charge in [-0.1, -0.05) is 26.8 Å². The lowest BCUT2D eigenvalue weighted by Crippen LogP contribution is -2.23. The molecule has 0 spiro atoms. The SMILES string of the molecule is CC(C)(C)c1c(C(=O)O)ccc(-n2c(=O)[nH]c3cccc(F)c32)c1F. The van der Waals surface area contributed by atoms with Crippen LogP contribution in [-0.4, -0.2) is 20.6 Å². The van der Waals surface area contributed by atoms with Gasteiger partial charge in [-0.2, -0.15) is 0 Å². The number of hydrogen-bond acceptors (Lipinski definition) is 2. The Morgan fingerprint density at radius 3 is 2.44 bits per heavy atom. The number of aromatic carboxylic acids is 1. The summed E-state index contributed by atoms with van der Waals surface area (Å²) in [4.78, 5) is 26.2. The topological polar surface area (TPSA) is 75.1 Å². The Labute approximate surface area is 141 Å². The molecule has 2 aromatic carbocycles. The van der Waals surface area contributed by atoms with Gasteiger partial charge >= 0.3 is 11.7 Å². The number of fused-ring (bicyclic) bond motifs is 1. The Bertz CT molecular complexity index is 1060. The van der Waals surface area contributed by atoms with E-state index in [9.17, 15) is 19.1 Å². The van der Waals surface area contributed by atoms with Crippen LogP contribution in [0.15, 0.2) is 35.1 Å². The molecule has 2 N–H and O–H groups in total. The summed E-state index contributed by atoms with van der Waals surface area (Å²) in [5, 5.41) is 9.34. The Hall–Kier alpha value is -2.96. The second-order valence-corrected chi connectivity index (χ2v) is 6.78. The third-order valence-corrected chi connectivity index (χ3v) is 4.00. The van der Waals surface area contributed by atoms with Crippen LogP contribution in [0.2, 0.25) is 0 Å². The largest absolute Gasteiger partial charge is 0.478 e. The van der Waals surface area contributed by atoms with Crippen LogP contribution in [0.3, 0.4) is 0 Å². The van der Waals surface area contributed by atoms with E-state index in [1.54, 1.807) is 20.8 Å². The van der Waals surface area contributed by atoms with Gasteiger partial charge in [0.25, 0.3) is 0 Å². The molecule has 3 rings (SSSR count). The molecule has 0 saturated carbocycles. The number of benzene rings is 2. The highest BCUT2D eigenvalue weighted by molar-refractivity contribution is 5.90. The monoisotopic (exact) mass is 346 g/mol. The molecule has 7 heteroatoms. The van der Waals surface area contributed by atoms with Gasteiger partial charge < -0.3 is 10.1 Å². The molecule has 0 bridgehead atoms. The van der Waals surface area contributed by atoms with E-state index < -0.39 is 28.7 Å². The first-order chi connectivity index (χ1) is 11.6. The standard InChI is InChI=1S/C18H16F2N2O3/c1-18(2,3)13-9(16(23)24)7-8-12(14(13)20)22-15-10(19)5-4-6-11(15)21-17(22)25/h4-8H,1-3H3,(H,21,25)(H,23,24). The molecular formula is C18H16F2N2O3. The predicted octanol–water partition coefficient (Wildman–Crippen LogP) is 3.59. The summed E-state index contributed by atoms with van der Waals surface area (Å²) in [6, 6.07) is 6.51. The molecule has 0 aliphatic rings. The number of aromatic amines is 1. The van der Waals surface area contributed by atoms with Crippen LogP contribution in [0, 0.1) is 11.6 Å². The molecule has 0 amide bonds. The highest BCUT2D eigenvalue weighted by atomic mass is 19.1. The molecular weight excluding hydrogens is 330 g/mol. The highest BCUT2D eigenvalue weighted by Gasteiger charge is 2.29. The summed E-state index contributed by atoms with van der Waals surface area (Å²) in [6.07, 6.45) is 0. The quantitative estimate of drug-likeness (QED) is 0.744. The van der Waals surface area contributed by atoms with E-state index in [1.807, 2.05) is 0 Å². The maximum atomic E-state index is 15.2. The number of nitrogens with one attached hydrogen (secondary N) is 1. The lowest BCUT2D eigenvalue weighted by molar-refractivity contribution is 0.0693. The van der Waals surface area contributed by atoms with E-state index in [4.69, 9.17) is 0 Å². The fourth-order valence-electron chi connectivity index (χ4n) is 3.00. The van der Waals surface area contributed by atoms with Crippen LogP contribution in [-0.2, 0) is 5.41 Å². The van der Waals surface area contributed by atoms with Gasteiger partial charge in [-0.25, -0.2) is 18.4 Å². The second kappa shape index (κ2) is 5.54. The van der Waals surface area contributed by atoms with Crippen molar-refractivity contribution >= 4 is 17.0 Å². The molecule has 0 fully saturated rings. The molecule has 1 heterocycles. The molecule has 130 valence electrons. The first-order valence-electron chi connectivity index (χ1n) is 7.59. The fourth-order valence-corrected chi connectivity index (χ4v) is 3.00. The predicted molar refractivity (Wildman–Crippen MR) is 89.5 cm³/mol. The van der Waals surface area contributed by atoms with Crippen LogP contribution in [0.1, 0.15) is 36.7 Å².